The van der Waals surface area contributed by atoms with Crippen molar-refractivity contribution in [3.8, 4) is 21.1 Å². The van der Waals surface area contributed by atoms with E-state index >= 15 is 0 Å². The number of ether oxygens (including phenoxy) is 1. The molecule has 1 fully saturated rings. The normalized spacial score (nSPS) is 14.1. The van der Waals surface area contributed by atoms with E-state index in [4.69, 9.17) is 14.7 Å². The lowest BCUT2D eigenvalue weighted by atomic mass is 10.2. The number of fused-ring (bicyclic) bond motifs is 1. The average Bonchev–Trinajstić information content (AvgIpc) is 3.60. The van der Waals surface area contributed by atoms with Gasteiger partial charge < -0.3 is 19.9 Å². The smallest absolute Gasteiger partial charge is 0.408 e. The first kappa shape index (κ1) is 25.1. The molecule has 0 aliphatic carbocycles. The fourth-order valence-electron chi connectivity index (χ4n) is 4.07. The first-order chi connectivity index (χ1) is 17.8. The van der Waals surface area contributed by atoms with Crippen molar-refractivity contribution < 1.29 is 14.3 Å². The molecule has 11 heteroatoms. The van der Waals surface area contributed by atoms with E-state index < -0.39 is 11.7 Å². The number of carbonyl (C=O) groups is 2. The number of nitrogens with zero attached hydrogens (tertiary/aromatic N) is 5. The molecule has 0 aromatic carbocycles. The third-order valence-electron chi connectivity index (χ3n) is 5.80. The number of carbonyl (C=O) groups excluding carboxylic acids is 2. The second-order valence-corrected chi connectivity index (χ2v) is 11.5. The van der Waals surface area contributed by atoms with Gasteiger partial charge in [-0.15, -0.1) is 22.7 Å². The molecule has 4 aromatic heterocycles. The molecule has 0 radical (unpaired) electrons. The summed E-state index contributed by atoms with van der Waals surface area (Å²) in [6.45, 7) is 7.69. The summed E-state index contributed by atoms with van der Waals surface area (Å²) in [5.41, 5.74) is 3.39. The molecule has 0 spiro atoms. The Balaban J connectivity index is 1.28. The van der Waals surface area contributed by atoms with Crippen LogP contribution in [0.2, 0.25) is 0 Å². The molecule has 4 aromatic rings. The summed E-state index contributed by atoms with van der Waals surface area (Å²) in [5.74, 6) is -0.130. The van der Waals surface area contributed by atoms with Crippen LogP contribution in [0.1, 0.15) is 20.8 Å². The Hall–Kier alpha value is -3.57. The van der Waals surface area contributed by atoms with Gasteiger partial charge in [-0.1, -0.05) is 12.1 Å². The van der Waals surface area contributed by atoms with E-state index in [9.17, 15) is 9.59 Å². The third kappa shape index (κ3) is 5.89. The Labute approximate surface area is 223 Å². The zero-order valence-electron chi connectivity index (χ0n) is 20.9. The maximum Gasteiger partial charge on any atom is 0.408 e. The van der Waals surface area contributed by atoms with E-state index in [-0.39, 0.29) is 12.5 Å². The molecule has 37 heavy (non-hydrogen) atoms. The second-order valence-electron chi connectivity index (χ2n) is 9.63. The Morgan fingerprint density at radius 1 is 1.00 bits per heavy atom. The number of anilines is 1. The number of amides is 2. The Bertz CT molecular complexity index is 1390. The van der Waals surface area contributed by atoms with Gasteiger partial charge in [0.2, 0.25) is 5.91 Å². The minimum Gasteiger partial charge on any atom is -0.444 e. The maximum atomic E-state index is 12.6. The molecule has 0 bridgehead atoms. The predicted molar refractivity (Wildman–Crippen MR) is 147 cm³/mol. The van der Waals surface area contributed by atoms with Gasteiger partial charge in [-0.05, 0) is 49.7 Å². The molecule has 2 amide bonds. The summed E-state index contributed by atoms with van der Waals surface area (Å²) in [6, 6.07) is 10.2. The van der Waals surface area contributed by atoms with Gasteiger partial charge in [-0.25, -0.2) is 19.7 Å². The number of piperazine rings is 1. The highest BCUT2D eigenvalue weighted by Gasteiger charge is 2.24. The highest BCUT2D eigenvalue weighted by Crippen LogP contribution is 2.35. The van der Waals surface area contributed by atoms with Crippen LogP contribution in [-0.2, 0) is 9.53 Å². The fourth-order valence-corrected chi connectivity index (χ4v) is 5.50. The first-order valence-electron chi connectivity index (χ1n) is 12.0. The molecule has 192 valence electrons. The van der Waals surface area contributed by atoms with Gasteiger partial charge in [0.1, 0.15) is 29.1 Å². The van der Waals surface area contributed by atoms with E-state index in [0.717, 1.165) is 32.3 Å². The number of nitrogens with one attached hydrogen (secondary N) is 1. The van der Waals surface area contributed by atoms with Gasteiger partial charge in [0.05, 0.1) is 21.6 Å². The molecule has 0 saturated carbocycles. The topological polar surface area (TPSA) is 101 Å². The van der Waals surface area contributed by atoms with Crippen molar-refractivity contribution in [2.45, 2.75) is 26.4 Å². The molecular weight excluding hydrogens is 508 g/mol. The van der Waals surface area contributed by atoms with E-state index in [1.807, 2.05) is 35.2 Å². The molecule has 0 atom stereocenters. The monoisotopic (exact) mass is 536 g/mol. The largest absolute Gasteiger partial charge is 0.444 e. The minimum absolute atomic E-state index is 0.0832. The molecule has 0 unspecified atom stereocenters. The zero-order valence-corrected chi connectivity index (χ0v) is 22.6. The Morgan fingerprint density at radius 3 is 2.24 bits per heavy atom. The number of thiophene rings is 2. The van der Waals surface area contributed by atoms with Crippen LogP contribution in [0.4, 0.5) is 10.5 Å². The number of aromatic nitrogens is 3. The molecule has 1 aliphatic heterocycles. The van der Waals surface area contributed by atoms with Crippen LogP contribution < -0.4 is 10.2 Å². The van der Waals surface area contributed by atoms with Gasteiger partial charge in [0.15, 0.2) is 5.65 Å². The molecule has 1 saturated heterocycles. The summed E-state index contributed by atoms with van der Waals surface area (Å²) in [4.78, 5) is 45.0. The van der Waals surface area contributed by atoms with Crippen molar-refractivity contribution >= 4 is 51.5 Å². The first-order valence-corrected chi connectivity index (χ1v) is 13.8. The van der Waals surface area contributed by atoms with Crippen molar-refractivity contribution in [2.24, 2.45) is 0 Å². The fraction of sp³-hybridized carbons (Fsp3) is 0.346. The highest BCUT2D eigenvalue weighted by atomic mass is 32.1. The summed E-state index contributed by atoms with van der Waals surface area (Å²) in [6.07, 6.45) is 1.23. The van der Waals surface area contributed by atoms with Crippen molar-refractivity contribution in [1.82, 2.24) is 25.2 Å². The van der Waals surface area contributed by atoms with Crippen molar-refractivity contribution in [2.75, 3.05) is 37.6 Å². The summed E-state index contributed by atoms with van der Waals surface area (Å²) >= 11 is 3.27. The lowest BCUT2D eigenvalue weighted by Gasteiger charge is -2.36. The number of alkyl carbamates (subject to hydrolysis) is 1. The van der Waals surface area contributed by atoms with Gasteiger partial charge >= 0.3 is 6.09 Å². The molecule has 1 aliphatic rings. The van der Waals surface area contributed by atoms with E-state index in [2.05, 4.69) is 27.3 Å². The average molecular weight is 537 g/mol. The lowest BCUT2D eigenvalue weighted by Crippen LogP contribution is -2.51. The number of hydrogen-bond donors (Lipinski definition) is 1. The summed E-state index contributed by atoms with van der Waals surface area (Å²) < 4.78 is 5.20. The zero-order chi connectivity index (χ0) is 26.0. The quantitative estimate of drug-likeness (QED) is 0.396. The highest BCUT2D eigenvalue weighted by molar-refractivity contribution is 7.14. The minimum atomic E-state index is -0.604. The third-order valence-corrected chi connectivity index (χ3v) is 7.55. The van der Waals surface area contributed by atoms with Crippen LogP contribution in [0.15, 0.2) is 47.3 Å². The molecular formula is C26H28N6O3S2. The second kappa shape index (κ2) is 10.4. The van der Waals surface area contributed by atoms with Crippen LogP contribution >= 0.6 is 22.7 Å². The standard InChI is InChI=1S/C26H28N6O3S2/c1-26(2,3)35-25(34)28-16-21(33)32-10-8-31(9-11-32)17-14-18-24(27-15-17)30-23(20-7-5-13-37-20)22(29-18)19-6-4-12-36-19/h4-7,12-15H,8-11,16H2,1-3H3,(H,28,34). The maximum absolute atomic E-state index is 12.6. The van der Waals surface area contributed by atoms with Crippen LogP contribution in [-0.4, -0.2) is 70.2 Å². The predicted octanol–water partition coefficient (Wildman–Crippen LogP) is 4.66. The van der Waals surface area contributed by atoms with Gasteiger partial charge in [-0.3, -0.25) is 4.79 Å². The number of hydrogen-bond acceptors (Lipinski definition) is 9. The molecule has 9 nitrogen and oxygen atoms in total. The van der Waals surface area contributed by atoms with Gasteiger partial charge in [0, 0.05) is 26.2 Å². The number of rotatable bonds is 5. The summed E-state index contributed by atoms with van der Waals surface area (Å²) in [5, 5.41) is 6.62. The van der Waals surface area contributed by atoms with Crippen LogP contribution in [0.3, 0.4) is 0 Å². The lowest BCUT2D eigenvalue weighted by molar-refractivity contribution is -0.130. The molecule has 5 rings (SSSR count). The molecule has 5 heterocycles. The van der Waals surface area contributed by atoms with E-state index in [1.165, 1.54) is 0 Å². The van der Waals surface area contributed by atoms with Crippen LogP contribution in [0, 0.1) is 0 Å². The van der Waals surface area contributed by atoms with Gasteiger partial charge in [-0.2, -0.15) is 0 Å². The molecule has 1 N–H and O–H groups in total. The summed E-state index contributed by atoms with van der Waals surface area (Å²) in [7, 11) is 0. The SMILES string of the molecule is CC(C)(C)OC(=O)NCC(=O)N1CCN(c2cnc3nc(-c4cccs4)c(-c4cccs4)nc3c2)CC1. The van der Waals surface area contributed by atoms with Crippen molar-refractivity contribution in [3.05, 3.63) is 47.3 Å². The number of pyridine rings is 1. The van der Waals surface area contributed by atoms with Gasteiger partial charge in [0.25, 0.3) is 0 Å². The van der Waals surface area contributed by atoms with Crippen LogP contribution in [0.25, 0.3) is 32.3 Å². The van der Waals surface area contributed by atoms with E-state index in [1.54, 1.807) is 48.3 Å². The Morgan fingerprint density at radius 2 is 1.65 bits per heavy atom. The van der Waals surface area contributed by atoms with Crippen LogP contribution in [0.5, 0.6) is 0 Å². The van der Waals surface area contributed by atoms with Crippen molar-refractivity contribution in [3.63, 3.8) is 0 Å². The van der Waals surface area contributed by atoms with Crippen molar-refractivity contribution in [1.29, 1.82) is 0 Å². The van der Waals surface area contributed by atoms with E-state index in [0.29, 0.717) is 31.8 Å². The Kier molecular flexibility index (Phi) is 7.07.